The SMILES string of the molecule is Cl.N[C@@H](c1cc(F)c(F)cc1F)C(F)(F)CO. The van der Waals surface area contributed by atoms with Crippen LogP contribution in [0.15, 0.2) is 12.1 Å². The highest BCUT2D eigenvalue weighted by Crippen LogP contribution is 2.31. The molecule has 0 heterocycles. The molecule has 0 aliphatic carbocycles. The van der Waals surface area contributed by atoms with E-state index in [1.165, 1.54) is 0 Å². The number of nitrogens with two attached hydrogens (primary N) is 1. The Kier molecular flexibility index (Phi) is 5.31. The maximum atomic E-state index is 13.0. The lowest BCUT2D eigenvalue weighted by molar-refractivity contribution is -0.0719. The highest BCUT2D eigenvalue weighted by molar-refractivity contribution is 5.85. The third-order valence-electron chi connectivity index (χ3n) is 2.04. The summed E-state index contributed by atoms with van der Waals surface area (Å²) in [5.41, 5.74) is 4.07. The first-order valence-corrected chi connectivity index (χ1v) is 4.18. The molecule has 0 saturated heterocycles. The summed E-state index contributed by atoms with van der Waals surface area (Å²) in [5.74, 6) is -8.19. The van der Waals surface area contributed by atoms with Crippen molar-refractivity contribution >= 4 is 12.4 Å². The van der Waals surface area contributed by atoms with Crippen LogP contribution in [0.4, 0.5) is 22.0 Å². The fraction of sp³-hybridized carbons (Fsp3) is 0.333. The molecule has 0 bridgehead atoms. The minimum atomic E-state index is -3.81. The molecule has 98 valence electrons. The summed E-state index contributed by atoms with van der Waals surface area (Å²) < 4.78 is 64.0. The van der Waals surface area contributed by atoms with Gasteiger partial charge in [-0.15, -0.1) is 12.4 Å². The minimum Gasteiger partial charge on any atom is -0.390 e. The van der Waals surface area contributed by atoms with Gasteiger partial charge in [0.15, 0.2) is 11.6 Å². The molecule has 1 rings (SSSR count). The molecule has 1 aromatic carbocycles. The molecule has 8 heteroatoms. The number of benzene rings is 1. The Hall–Kier alpha value is -0.920. The van der Waals surface area contributed by atoms with Crippen molar-refractivity contribution in [2.24, 2.45) is 5.73 Å². The normalized spacial score (nSPS) is 13.1. The predicted octanol–water partition coefficient (Wildman–Crippen LogP) is 2.15. The summed E-state index contributed by atoms with van der Waals surface area (Å²) in [6.45, 7) is -1.62. The van der Waals surface area contributed by atoms with Gasteiger partial charge in [0.1, 0.15) is 12.4 Å². The van der Waals surface area contributed by atoms with E-state index in [2.05, 4.69) is 0 Å². The van der Waals surface area contributed by atoms with Crippen molar-refractivity contribution in [3.8, 4) is 0 Å². The van der Waals surface area contributed by atoms with Crippen LogP contribution in [0.3, 0.4) is 0 Å². The van der Waals surface area contributed by atoms with Crippen LogP contribution in [0.1, 0.15) is 11.6 Å². The first kappa shape index (κ1) is 16.1. The predicted molar refractivity (Wildman–Crippen MR) is 52.5 cm³/mol. The van der Waals surface area contributed by atoms with Gasteiger partial charge in [0.05, 0.1) is 6.04 Å². The quantitative estimate of drug-likeness (QED) is 0.657. The number of halogens is 6. The third-order valence-corrected chi connectivity index (χ3v) is 2.04. The Morgan fingerprint density at radius 3 is 2.06 bits per heavy atom. The van der Waals surface area contributed by atoms with Crippen LogP contribution >= 0.6 is 12.4 Å². The van der Waals surface area contributed by atoms with E-state index in [1.807, 2.05) is 0 Å². The largest absolute Gasteiger partial charge is 0.390 e. The molecule has 2 nitrogen and oxygen atoms in total. The van der Waals surface area contributed by atoms with Gasteiger partial charge in [0, 0.05) is 11.6 Å². The molecule has 3 N–H and O–H groups in total. The molecule has 0 amide bonds. The van der Waals surface area contributed by atoms with E-state index in [0.29, 0.717) is 0 Å². The van der Waals surface area contributed by atoms with E-state index in [-0.39, 0.29) is 24.5 Å². The van der Waals surface area contributed by atoms with E-state index in [9.17, 15) is 22.0 Å². The van der Waals surface area contributed by atoms with E-state index >= 15 is 0 Å². The van der Waals surface area contributed by atoms with Crippen molar-refractivity contribution in [3.63, 3.8) is 0 Å². The zero-order chi connectivity index (χ0) is 12.5. The average Bonchev–Trinajstić information content (AvgIpc) is 2.22. The topological polar surface area (TPSA) is 46.2 Å². The molecule has 1 atom stereocenters. The van der Waals surface area contributed by atoms with Gasteiger partial charge in [-0.05, 0) is 6.07 Å². The van der Waals surface area contributed by atoms with Crippen molar-refractivity contribution in [3.05, 3.63) is 35.1 Å². The fourth-order valence-corrected chi connectivity index (χ4v) is 1.10. The Morgan fingerprint density at radius 2 is 1.59 bits per heavy atom. The first-order valence-electron chi connectivity index (χ1n) is 4.18. The summed E-state index contributed by atoms with van der Waals surface area (Å²) in [6.07, 6.45) is 0. The van der Waals surface area contributed by atoms with Crippen LogP contribution in [0.5, 0.6) is 0 Å². The van der Waals surface area contributed by atoms with Crippen molar-refractivity contribution < 1.29 is 27.1 Å². The smallest absolute Gasteiger partial charge is 0.289 e. The second-order valence-electron chi connectivity index (χ2n) is 3.18. The molecular formula is C9H9ClF5NO. The molecule has 0 radical (unpaired) electrons. The third kappa shape index (κ3) is 3.27. The maximum Gasteiger partial charge on any atom is 0.289 e. The van der Waals surface area contributed by atoms with Gasteiger partial charge in [-0.1, -0.05) is 0 Å². The van der Waals surface area contributed by atoms with E-state index in [1.54, 1.807) is 0 Å². The second kappa shape index (κ2) is 5.61. The Morgan fingerprint density at radius 1 is 1.12 bits per heavy atom. The van der Waals surface area contributed by atoms with E-state index in [0.717, 1.165) is 0 Å². The number of hydrogen-bond donors (Lipinski definition) is 2. The molecule has 0 saturated carbocycles. The van der Waals surface area contributed by atoms with Crippen molar-refractivity contribution in [1.29, 1.82) is 0 Å². The summed E-state index contributed by atoms with van der Waals surface area (Å²) in [6, 6.07) is -1.87. The van der Waals surface area contributed by atoms with Gasteiger partial charge in [0.25, 0.3) is 5.92 Å². The number of hydrogen-bond acceptors (Lipinski definition) is 2. The number of alkyl halides is 2. The van der Waals surface area contributed by atoms with Crippen LogP contribution in [0, 0.1) is 17.5 Å². The standard InChI is InChI=1S/C9H8F5NO.ClH/c10-5-2-7(12)6(11)1-4(5)8(15)9(13,14)3-16;/h1-2,8,16H,3,15H2;1H/t8-;/m0./s1. The van der Waals surface area contributed by atoms with Gasteiger partial charge in [-0.2, -0.15) is 0 Å². The maximum absolute atomic E-state index is 13.0. The zero-order valence-corrected chi connectivity index (χ0v) is 9.08. The van der Waals surface area contributed by atoms with Crippen LogP contribution in [-0.4, -0.2) is 17.6 Å². The molecule has 0 aromatic heterocycles. The van der Waals surface area contributed by atoms with Crippen LogP contribution in [0.2, 0.25) is 0 Å². The highest BCUT2D eigenvalue weighted by Gasteiger charge is 2.39. The van der Waals surface area contributed by atoms with Gasteiger partial charge in [0.2, 0.25) is 0 Å². The summed E-state index contributed by atoms with van der Waals surface area (Å²) in [5, 5.41) is 8.32. The van der Waals surface area contributed by atoms with Crippen molar-refractivity contribution in [2.75, 3.05) is 6.61 Å². The molecule has 1 aromatic rings. The number of aliphatic hydroxyl groups excluding tert-OH is 1. The Labute approximate surface area is 99.6 Å². The van der Waals surface area contributed by atoms with Gasteiger partial charge < -0.3 is 10.8 Å². The van der Waals surface area contributed by atoms with Crippen molar-refractivity contribution in [2.45, 2.75) is 12.0 Å². The molecule has 0 aliphatic rings. The lowest BCUT2D eigenvalue weighted by Crippen LogP contribution is -2.37. The minimum absolute atomic E-state index is 0. The molecule has 0 unspecified atom stereocenters. The lowest BCUT2D eigenvalue weighted by Gasteiger charge is -2.22. The number of aliphatic hydroxyl groups is 1. The highest BCUT2D eigenvalue weighted by atomic mass is 35.5. The van der Waals surface area contributed by atoms with E-state index < -0.39 is 41.6 Å². The zero-order valence-electron chi connectivity index (χ0n) is 8.26. The summed E-state index contributed by atoms with van der Waals surface area (Å²) in [4.78, 5) is 0. The van der Waals surface area contributed by atoms with Crippen molar-refractivity contribution in [1.82, 2.24) is 0 Å². The molecule has 0 spiro atoms. The van der Waals surface area contributed by atoms with Gasteiger partial charge in [-0.3, -0.25) is 0 Å². The van der Waals surface area contributed by atoms with Crippen LogP contribution in [-0.2, 0) is 0 Å². The lowest BCUT2D eigenvalue weighted by atomic mass is 10.0. The molecule has 0 aliphatic heterocycles. The van der Waals surface area contributed by atoms with Gasteiger partial charge >= 0.3 is 0 Å². The molecular weight excluding hydrogens is 269 g/mol. The molecule has 0 fully saturated rings. The van der Waals surface area contributed by atoms with Gasteiger partial charge in [-0.25, -0.2) is 22.0 Å². The Bertz CT molecular complexity index is 401. The fourth-order valence-electron chi connectivity index (χ4n) is 1.10. The summed E-state index contributed by atoms with van der Waals surface area (Å²) >= 11 is 0. The monoisotopic (exact) mass is 277 g/mol. The van der Waals surface area contributed by atoms with Crippen LogP contribution in [0.25, 0.3) is 0 Å². The first-order chi connectivity index (χ1) is 7.29. The number of rotatable bonds is 3. The summed E-state index contributed by atoms with van der Waals surface area (Å²) in [7, 11) is 0. The van der Waals surface area contributed by atoms with Crippen LogP contribution < -0.4 is 5.73 Å². The second-order valence-corrected chi connectivity index (χ2v) is 3.18. The Balaban J connectivity index is 0.00000256. The van der Waals surface area contributed by atoms with E-state index in [4.69, 9.17) is 10.8 Å². The molecule has 17 heavy (non-hydrogen) atoms. The average molecular weight is 278 g/mol.